The third-order valence-corrected chi connectivity index (χ3v) is 13.0. The predicted molar refractivity (Wildman–Crippen MR) is 266 cm³/mol. The molecule has 0 fully saturated rings. The van der Waals surface area contributed by atoms with Gasteiger partial charge in [0.2, 0.25) is 0 Å². The first-order chi connectivity index (χ1) is 30.3. The third kappa shape index (κ3) is 6.42. The molecule has 0 saturated heterocycles. The van der Waals surface area contributed by atoms with Crippen molar-refractivity contribution < 1.29 is 4.42 Å². The van der Waals surface area contributed by atoms with Gasteiger partial charge in [-0.3, -0.25) is 0 Å². The third-order valence-electron chi connectivity index (χ3n) is 12.8. The number of nitrogens with zero attached hydrogens (tertiary/aromatic N) is 1. The average molecular weight is 818 g/mol. The second-order valence-corrected chi connectivity index (χ2v) is 17.1. The first-order valence-electron chi connectivity index (χ1n) is 21.5. The second kappa shape index (κ2) is 15.1. The van der Waals surface area contributed by atoms with Crippen LogP contribution in [-0.4, -0.2) is 0 Å². The molecule has 0 unspecified atom stereocenters. The molecule has 0 atom stereocenters. The summed E-state index contributed by atoms with van der Waals surface area (Å²) in [7, 11) is 0. The molecule has 0 spiro atoms. The SMILES string of the molecule is CCc1cc(-c2ccc(N(c3ccc(-c4ccc(-c5cccc6cccc(C)c56)c(C)c4)cc3)c3cc(C)c4c(ccc5cc(Cl)ccc54)c3)cc2)c2oc3ccccc3c2c1. The summed E-state index contributed by atoms with van der Waals surface area (Å²) in [6, 6.07) is 66.2. The highest BCUT2D eigenvalue weighted by molar-refractivity contribution is 6.31. The summed E-state index contributed by atoms with van der Waals surface area (Å²) in [6.45, 7) is 8.87. The molecule has 0 aliphatic carbocycles. The maximum absolute atomic E-state index is 6.53. The Balaban J connectivity index is 1.01. The smallest absolute Gasteiger partial charge is 0.143 e. The summed E-state index contributed by atoms with van der Waals surface area (Å²) < 4.78 is 6.53. The summed E-state index contributed by atoms with van der Waals surface area (Å²) in [5.74, 6) is 0. The van der Waals surface area contributed by atoms with Gasteiger partial charge >= 0.3 is 0 Å². The lowest BCUT2D eigenvalue weighted by Gasteiger charge is -2.27. The number of fused-ring (bicyclic) bond motifs is 7. The van der Waals surface area contributed by atoms with Crippen LogP contribution >= 0.6 is 11.6 Å². The van der Waals surface area contributed by atoms with E-state index < -0.39 is 0 Å². The number of benzene rings is 10. The molecule has 0 amide bonds. The first kappa shape index (κ1) is 37.8. The van der Waals surface area contributed by atoms with Gasteiger partial charge in [0.15, 0.2) is 0 Å². The van der Waals surface area contributed by atoms with Crippen molar-refractivity contribution in [3.63, 3.8) is 0 Å². The fourth-order valence-corrected chi connectivity index (χ4v) is 9.93. The summed E-state index contributed by atoms with van der Waals surface area (Å²) >= 11 is 6.43. The molecule has 1 heterocycles. The topological polar surface area (TPSA) is 16.4 Å². The van der Waals surface area contributed by atoms with Gasteiger partial charge in [-0.05, 0) is 176 Å². The number of para-hydroxylation sites is 1. The summed E-state index contributed by atoms with van der Waals surface area (Å²) in [6.07, 6.45) is 0.946. The Kier molecular flexibility index (Phi) is 9.21. The van der Waals surface area contributed by atoms with Gasteiger partial charge in [-0.2, -0.15) is 0 Å². The molecule has 62 heavy (non-hydrogen) atoms. The molecule has 0 bridgehead atoms. The Hall–Kier alpha value is -7.13. The molecule has 2 nitrogen and oxygen atoms in total. The van der Waals surface area contributed by atoms with Crippen molar-refractivity contribution in [2.75, 3.05) is 4.90 Å². The van der Waals surface area contributed by atoms with E-state index in [0.29, 0.717) is 0 Å². The Bertz CT molecular complexity index is 3540. The molecular formula is C59H44ClNO. The molecule has 0 saturated carbocycles. The normalized spacial score (nSPS) is 11.7. The molecule has 0 aliphatic rings. The number of aryl methyl sites for hydroxylation is 4. The standard InChI is InChI=1S/C59H44ClNO/c1-5-39-32-54(59-55(33-39)52-13-6-7-15-56(52)62-59)41-20-26-48(27-21-41)61(49-31-38(4)58-45(35-49)17-16-44-34-46(60)23-29-51(44)58)47-24-18-40(19-25-47)43-22-28-50(37(3)30-43)53-14-9-12-42-11-8-10-36(2)57(42)53/h6-35H,5H2,1-4H3. The summed E-state index contributed by atoms with van der Waals surface area (Å²) in [5, 5.41) is 10.4. The van der Waals surface area contributed by atoms with E-state index in [-0.39, 0.29) is 0 Å². The fourth-order valence-electron chi connectivity index (χ4n) is 9.75. The summed E-state index contributed by atoms with van der Waals surface area (Å²) in [5.41, 5.74) is 17.3. The zero-order valence-corrected chi connectivity index (χ0v) is 36.0. The monoisotopic (exact) mass is 817 g/mol. The minimum atomic E-state index is 0.748. The van der Waals surface area contributed by atoms with E-state index in [1.807, 2.05) is 18.2 Å². The van der Waals surface area contributed by atoms with E-state index in [0.717, 1.165) is 67.0 Å². The van der Waals surface area contributed by atoms with Crippen LogP contribution in [0.5, 0.6) is 0 Å². The molecular weight excluding hydrogens is 774 g/mol. The zero-order valence-electron chi connectivity index (χ0n) is 35.3. The fraction of sp³-hybridized carbons (Fsp3) is 0.0847. The highest BCUT2D eigenvalue weighted by Gasteiger charge is 2.19. The molecule has 0 aliphatic heterocycles. The Morgan fingerprint density at radius 2 is 1.16 bits per heavy atom. The van der Waals surface area contributed by atoms with Crippen LogP contribution in [0.15, 0.2) is 186 Å². The van der Waals surface area contributed by atoms with Gasteiger partial charge < -0.3 is 9.32 Å². The molecule has 3 heteroatoms. The van der Waals surface area contributed by atoms with Crippen LogP contribution in [0.4, 0.5) is 17.1 Å². The van der Waals surface area contributed by atoms with Crippen molar-refractivity contribution in [3.8, 4) is 33.4 Å². The number of halogens is 1. The van der Waals surface area contributed by atoms with Gasteiger partial charge in [0, 0.05) is 38.4 Å². The van der Waals surface area contributed by atoms with Crippen LogP contribution in [0.2, 0.25) is 5.02 Å². The van der Waals surface area contributed by atoms with E-state index in [9.17, 15) is 0 Å². The van der Waals surface area contributed by atoms with Gasteiger partial charge in [-0.15, -0.1) is 0 Å². The van der Waals surface area contributed by atoms with Crippen LogP contribution < -0.4 is 4.90 Å². The maximum Gasteiger partial charge on any atom is 0.143 e. The number of furan rings is 1. The van der Waals surface area contributed by atoms with Gasteiger partial charge in [0.25, 0.3) is 0 Å². The lowest BCUT2D eigenvalue weighted by Crippen LogP contribution is -2.10. The van der Waals surface area contributed by atoms with E-state index in [1.54, 1.807) is 0 Å². The van der Waals surface area contributed by atoms with Gasteiger partial charge in [0.05, 0.1) is 0 Å². The molecule has 10 aromatic carbocycles. The highest BCUT2D eigenvalue weighted by atomic mass is 35.5. The number of rotatable bonds is 7. The van der Waals surface area contributed by atoms with Crippen LogP contribution in [0.3, 0.4) is 0 Å². The van der Waals surface area contributed by atoms with E-state index >= 15 is 0 Å². The van der Waals surface area contributed by atoms with Crippen molar-refractivity contribution in [1.29, 1.82) is 0 Å². The van der Waals surface area contributed by atoms with Gasteiger partial charge in [0.1, 0.15) is 11.2 Å². The quantitative estimate of drug-likeness (QED) is 0.149. The van der Waals surface area contributed by atoms with Gasteiger partial charge in [-0.1, -0.05) is 134 Å². The minimum absolute atomic E-state index is 0.748. The van der Waals surface area contributed by atoms with Crippen LogP contribution in [0.1, 0.15) is 29.2 Å². The van der Waals surface area contributed by atoms with Crippen molar-refractivity contribution in [1.82, 2.24) is 0 Å². The molecule has 11 rings (SSSR count). The Labute approximate surface area is 367 Å². The Morgan fingerprint density at radius 3 is 1.94 bits per heavy atom. The summed E-state index contributed by atoms with van der Waals surface area (Å²) in [4.78, 5) is 2.38. The molecule has 1 aromatic heterocycles. The van der Waals surface area contributed by atoms with Crippen LogP contribution in [0.25, 0.3) is 87.6 Å². The zero-order chi connectivity index (χ0) is 42.1. The number of hydrogen-bond acceptors (Lipinski definition) is 2. The lowest BCUT2D eigenvalue weighted by molar-refractivity contribution is 0.670. The number of anilines is 3. The highest BCUT2D eigenvalue weighted by Crippen LogP contribution is 2.43. The molecule has 11 aromatic rings. The Morgan fingerprint density at radius 1 is 0.435 bits per heavy atom. The second-order valence-electron chi connectivity index (χ2n) is 16.7. The van der Waals surface area contributed by atoms with E-state index in [4.69, 9.17) is 16.0 Å². The van der Waals surface area contributed by atoms with Gasteiger partial charge in [-0.25, -0.2) is 0 Å². The van der Waals surface area contributed by atoms with Crippen molar-refractivity contribution >= 4 is 82.9 Å². The van der Waals surface area contributed by atoms with Crippen molar-refractivity contribution in [2.24, 2.45) is 0 Å². The van der Waals surface area contributed by atoms with Crippen molar-refractivity contribution in [2.45, 2.75) is 34.1 Å². The minimum Gasteiger partial charge on any atom is -0.455 e. The first-order valence-corrected chi connectivity index (χ1v) is 21.9. The number of hydrogen-bond donors (Lipinski definition) is 0. The molecule has 298 valence electrons. The van der Waals surface area contributed by atoms with Crippen LogP contribution in [-0.2, 0) is 6.42 Å². The maximum atomic E-state index is 6.53. The predicted octanol–water partition coefficient (Wildman–Crippen LogP) is 17.7. The largest absolute Gasteiger partial charge is 0.455 e. The molecule has 0 N–H and O–H groups in total. The van der Waals surface area contributed by atoms with E-state index in [1.165, 1.54) is 71.4 Å². The van der Waals surface area contributed by atoms with Crippen LogP contribution in [0, 0.1) is 20.8 Å². The molecule has 0 radical (unpaired) electrons. The van der Waals surface area contributed by atoms with Crippen molar-refractivity contribution in [3.05, 3.63) is 209 Å². The lowest BCUT2D eigenvalue weighted by atomic mass is 9.91. The average Bonchev–Trinajstić information content (AvgIpc) is 3.68. The van der Waals surface area contributed by atoms with E-state index in [2.05, 4.69) is 196 Å².